The van der Waals surface area contributed by atoms with Gasteiger partial charge in [0.25, 0.3) is 11.2 Å². The van der Waals surface area contributed by atoms with Crippen LogP contribution < -0.4 is 21.4 Å². The van der Waals surface area contributed by atoms with Crippen molar-refractivity contribution in [3.05, 3.63) is 89.0 Å². The lowest BCUT2D eigenvalue weighted by atomic mass is 10.2. The van der Waals surface area contributed by atoms with Crippen molar-refractivity contribution in [1.29, 1.82) is 0 Å². The fourth-order valence-corrected chi connectivity index (χ4v) is 3.85. The first-order valence-electron chi connectivity index (χ1n) is 10.6. The second kappa shape index (κ2) is 10.8. The van der Waals surface area contributed by atoms with E-state index < -0.39 is 22.3 Å². The van der Waals surface area contributed by atoms with E-state index in [0.29, 0.717) is 16.3 Å². The quantitative estimate of drug-likeness (QED) is 0.163. The number of fused-ring (bicyclic) bond motifs is 1. The summed E-state index contributed by atoms with van der Waals surface area (Å²) in [4.78, 5) is 41.5. The van der Waals surface area contributed by atoms with E-state index in [1.54, 1.807) is 12.1 Å². The number of rotatable bonds is 9. The predicted octanol–water partition coefficient (Wildman–Crippen LogP) is 2.52. The normalized spacial score (nSPS) is 12.2. The van der Waals surface area contributed by atoms with E-state index in [0.717, 1.165) is 4.57 Å². The van der Waals surface area contributed by atoms with Gasteiger partial charge < -0.3 is 14.4 Å². The Hall–Kier alpha value is -4.20. The summed E-state index contributed by atoms with van der Waals surface area (Å²) in [6, 6.07) is 10.3. The number of nitro groups is 1. The fourth-order valence-electron chi connectivity index (χ4n) is 3.39. The van der Waals surface area contributed by atoms with Gasteiger partial charge in [0.2, 0.25) is 5.95 Å². The molecule has 0 aliphatic rings. The number of non-ortho nitro benzene ring substituents is 1. The fraction of sp³-hybridized carbons (Fsp3) is 0.182. The van der Waals surface area contributed by atoms with Gasteiger partial charge in [-0.05, 0) is 35.9 Å². The maximum absolute atomic E-state index is 12.6. The zero-order valence-corrected chi connectivity index (χ0v) is 20.6. The van der Waals surface area contributed by atoms with Crippen molar-refractivity contribution in [3.8, 4) is 5.75 Å². The van der Waals surface area contributed by atoms with Gasteiger partial charge in [-0.3, -0.25) is 24.5 Å². The van der Waals surface area contributed by atoms with Crippen LogP contribution >= 0.6 is 23.2 Å². The van der Waals surface area contributed by atoms with Crippen LogP contribution in [0.4, 0.5) is 11.6 Å². The summed E-state index contributed by atoms with van der Waals surface area (Å²) in [5.74, 6) is 0.371. The summed E-state index contributed by atoms with van der Waals surface area (Å²) in [6.07, 6.45) is 0.263. The molecule has 2 aromatic heterocycles. The zero-order chi connectivity index (χ0) is 26.7. The van der Waals surface area contributed by atoms with Crippen LogP contribution in [0.1, 0.15) is 5.56 Å². The number of hydrogen-bond donors (Lipinski definition) is 3. The van der Waals surface area contributed by atoms with Crippen LogP contribution in [0.5, 0.6) is 5.75 Å². The number of anilines is 1. The maximum atomic E-state index is 12.6. The number of aromatic amines is 1. The van der Waals surface area contributed by atoms with Gasteiger partial charge in [-0.15, -0.1) is 0 Å². The highest BCUT2D eigenvalue weighted by atomic mass is 35.5. The van der Waals surface area contributed by atoms with E-state index in [2.05, 4.69) is 20.5 Å². The number of nitrogens with zero attached hydrogens (tertiary/aromatic N) is 5. The van der Waals surface area contributed by atoms with Crippen LogP contribution in [0.25, 0.3) is 11.2 Å². The molecule has 2 aromatic carbocycles. The number of imidazole rings is 1. The number of nitrogens with one attached hydrogen (secondary N) is 2. The van der Waals surface area contributed by atoms with Gasteiger partial charge in [0.15, 0.2) is 11.2 Å². The summed E-state index contributed by atoms with van der Waals surface area (Å²) < 4.78 is 8.09. The number of aryl methyl sites for hydroxylation is 1. The number of H-pyrrole nitrogens is 1. The molecule has 3 N–H and O–H groups in total. The van der Waals surface area contributed by atoms with Crippen molar-refractivity contribution in [2.75, 3.05) is 12.0 Å². The molecule has 4 rings (SSSR count). The second-order valence-electron chi connectivity index (χ2n) is 7.79. The second-order valence-corrected chi connectivity index (χ2v) is 8.64. The first kappa shape index (κ1) is 25.9. The third-order valence-corrected chi connectivity index (χ3v) is 5.74. The van der Waals surface area contributed by atoms with Gasteiger partial charge in [0.05, 0.1) is 22.7 Å². The maximum Gasteiger partial charge on any atom is 0.329 e. The van der Waals surface area contributed by atoms with E-state index in [1.165, 1.54) is 48.2 Å². The molecule has 13 nitrogen and oxygen atoms in total. The van der Waals surface area contributed by atoms with E-state index >= 15 is 0 Å². The molecule has 1 atom stereocenters. The highest BCUT2D eigenvalue weighted by Crippen LogP contribution is 2.27. The number of hydrazone groups is 1. The monoisotopic (exact) mass is 547 g/mol. The van der Waals surface area contributed by atoms with Crippen LogP contribution in [-0.4, -0.2) is 48.1 Å². The van der Waals surface area contributed by atoms with Gasteiger partial charge in [-0.2, -0.15) is 10.1 Å². The van der Waals surface area contributed by atoms with Crippen LogP contribution in [-0.2, 0) is 13.6 Å². The average molecular weight is 548 g/mol. The van der Waals surface area contributed by atoms with Crippen molar-refractivity contribution < 1.29 is 14.8 Å². The molecule has 0 fully saturated rings. The Morgan fingerprint density at radius 2 is 2.00 bits per heavy atom. The molecular weight excluding hydrogens is 529 g/mol. The van der Waals surface area contributed by atoms with Crippen LogP contribution in [0.15, 0.2) is 57.2 Å². The minimum atomic E-state index is -1.13. The van der Waals surface area contributed by atoms with Gasteiger partial charge in [-0.25, -0.2) is 10.2 Å². The number of aliphatic hydroxyl groups excluding tert-OH is 1. The minimum Gasteiger partial charge on any atom is -0.489 e. The minimum absolute atomic E-state index is 0.0266. The molecule has 15 heteroatoms. The van der Waals surface area contributed by atoms with Crippen molar-refractivity contribution in [3.63, 3.8) is 0 Å². The summed E-state index contributed by atoms with van der Waals surface area (Å²) in [5.41, 5.74) is 1.90. The molecule has 4 aromatic rings. The number of halogens is 2. The van der Waals surface area contributed by atoms with Gasteiger partial charge in [0, 0.05) is 24.2 Å². The summed E-state index contributed by atoms with van der Waals surface area (Å²) in [7, 11) is 1.43. The van der Waals surface area contributed by atoms with E-state index in [-0.39, 0.29) is 41.0 Å². The molecule has 0 amide bonds. The van der Waals surface area contributed by atoms with Gasteiger partial charge >= 0.3 is 5.69 Å². The van der Waals surface area contributed by atoms with E-state index in [4.69, 9.17) is 27.9 Å². The highest BCUT2D eigenvalue weighted by molar-refractivity contribution is 6.35. The number of nitro benzene ring substituents is 1. The van der Waals surface area contributed by atoms with E-state index in [9.17, 15) is 24.8 Å². The van der Waals surface area contributed by atoms with Crippen molar-refractivity contribution in [2.24, 2.45) is 12.1 Å². The lowest BCUT2D eigenvalue weighted by Gasteiger charge is -2.15. The molecule has 1 unspecified atom stereocenters. The third-order valence-electron chi connectivity index (χ3n) is 5.21. The lowest BCUT2D eigenvalue weighted by Crippen LogP contribution is -2.30. The van der Waals surface area contributed by atoms with Crippen molar-refractivity contribution in [1.82, 2.24) is 19.1 Å². The zero-order valence-electron chi connectivity index (χ0n) is 19.1. The summed E-state index contributed by atoms with van der Waals surface area (Å²) in [6.45, 7) is -0.339. The Bertz CT molecular complexity index is 1610. The molecule has 37 heavy (non-hydrogen) atoms. The third kappa shape index (κ3) is 5.80. The number of ether oxygens (including phenoxy) is 1. The molecule has 0 aliphatic heterocycles. The Labute approximate surface area is 217 Å². The van der Waals surface area contributed by atoms with E-state index in [1.807, 2.05) is 0 Å². The largest absolute Gasteiger partial charge is 0.489 e. The van der Waals surface area contributed by atoms with Gasteiger partial charge in [0.1, 0.15) is 18.5 Å². The van der Waals surface area contributed by atoms with Crippen LogP contribution in [0, 0.1) is 10.1 Å². The molecule has 0 aliphatic carbocycles. The molecule has 0 saturated heterocycles. The average Bonchev–Trinajstić information content (AvgIpc) is 3.21. The molecule has 0 radical (unpaired) electrons. The lowest BCUT2D eigenvalue weighted by molar-refractivity contribution is -0.384. The van der Waals surface area contributed by atoms with Gasteiger partial charge in [-0.1, -0.05) is 23.2 Å². The molecule has 192 valence electrons. The van der Waals surface area contributed by atoms with Crippen LogP contribution in [0.2, 0.25) is 10.0 Å². The summed E-state index contributed by atoms with van der Waals surface area (Å²) in [5, 5.41) is 26.2. The Morgan fingerprint density at radius 1 is 1.27 bits per heavy atom. The molecule has 0 bridgehead atoms. The van der Waals surface area contributed by atoms with Crippen molar-refractivity contribution >= 4 is 52.2 Å². The smallest absolute Gasteiger partial charge is 0.329 e. The predicted molar refractivity (Wildman–Crippen MR) is 138 cm³/mol. The number of benzene rings is 2. The van der Waals surface area contributed by atoms with Crippen molar-refractivity contribution in [2.45, 2.75) is 12.6 Å². The topological polar surface area (TPSA) is 170 Å². The highest BCUT2D eigenvalue weighted by Gasteiger charge is 2.20. The molecule has 0 spiro atoms. The Kier molecular flexibility index (Phi) is 7.57. The number of hydrogen-bond acceptors (Lipinski definition) is 9. The molecular formula is C22H19Cl2N7O6. The van der Waals surface area contributed by atoms with Crippen LogP contribution in [0.3, 0.4) is 0 Å². The summed E-state index contributed by atoms with van der Waals surface area (Å²) >= 11 is 12.0. The first-order valence-corrected chi connectivity index (χ1v) is 11.4. The molecule has 0 saturated carbocycles. The Morgan fingerprint density at radius 3 is 2.68 bits per heavy atom. The number of aromatic nitrogens is 4. The number of aliphatic hydroxyl groups is 1. The Balaban J connectivity index is 1.59. The standard InChI is InChI=1S/C22H19Cl2N7O6/c1-29-19-18(20(33)27-22(29)34)30(10-15(32)11-37-17-7-4-13(23)8-16(17)24)21(26-19)28-25-9-12-2-5-14(6-3-12)31(35)36/h2-9,15,32H,10-11H2,1H3,(H,26,28)(H,27,33,34)/b25-9+. The SMILES string of the molecule is Cn1c(=O)[nH]c(=O)c2c1nc(N/N=C/c1ccc([N+](=O)[O-])cc1)n2CC(O)COc1ccc(Cl)cc1Cl. The molecule has 2 heterocycles. The first-order chi connectivity index (χ1) is 17.6.